The maximum Gasteiger partial charge on any atom is 0.319 e. The van der Waals surface area contributed by atoms with E-state index in [1.54, 1.807) is 0 Å². The van der Waals surface area contributed by atoms with Crippen molar-refractivity contribution in [2.45, 2.75) is 50.6 Å². The van der Waals surface area contributed by atoms with Crippen molar-refractivity contribution in [3.8, 4) is 11.1 Å². The fourth-order valence-corrected chi connectivity index (χ4v) is 5.81. The van der Waals surface area contributed by atoms with Gasteiger partial charge in [0.1, 0.15) is 0 Å². The predicted molar refractivity (Wildman–Crippen MR) is 151 cm³/mol. The van der Waals surface area contributed by atoms with Gasteiger partial charge in [0.05, 0.1) is 5.69 Å². The van der Waals surface area contributed by atoms with Gasteiger partial charge in [0.15, 0.2) is 0 Å². The number of para-hydroxylation sites is 1. The van der Waals surface area contributed by atoms with Crippen molar-refractivity contribution < 1.29 is 4.79 Å². The summed E-state index contributed by atoms with van der Waals surface area (Å²) >= 11 is 0. The summed E-state index contributed by atoms with van der Waals surface area (Å²) in [5.41, 5.74) is 4.33. The van der Waals surface area contributed by atoms with Crippen molar-refractivity contribution >= 4 is 11.7 Å². The predicted octanol–water partition coefficient (Wildman–Crippen LogP) is 5.95. The van der Waals surface area contributed by atoms with Gasteiger partial charge in [-0.1, -0.05) is 61.0 Å². The molecule has 2 aromatic carbocycles. The maximum atomic E-state index is 12.8. The van der Waals surface area contributed by atoms with Gasteiger partial charge in [0.25, 0.3) is 0 Å². The number of hydrogen-bond donors (Lipinski definition) is 2. The van der Waals surface area contributed by atoms with Crippen LogP contribution in [0.15, 0.2) is 79.1 Å². The number of likely N-dealkylation sites (tertiary alicyclic amines) is 2. The summed E-state index contributed by atoms with van der Waals surface area (Å²) in [4.78, 5) is 22.4. The van der Waals surface area contributed by atoms with E-state index in [0.29, 0.717) is 6.04 Å². The van der Waals surface area contributed by atoms with E-state index >= 15 is 0 Å². The van der Waals surface area contributed by atoms with Gasteiger partial charge in [-0.05, 0) is 75.0 Å². The molecule has 2 N–H and O–H groups in total. The quantitative estimate of drug-likeness (QED) is 0.404. The van der Waals surface area contributed by atoms with E-state index in [-0.39, 0.29) is 12.1 Å². The summed E-state index contributed by atoms with van der Waals surface area (Å²) in [6.45, 7) is 5.53. The Kier molecular flexibility index (Phi) is 8.82. The van der Waals surface area contributed by atoms with E-state index in [4.69, 9.17) is 0 Å². The molecule has 37 heavy (non-hydrogen) atoms. The van der Waals surface area contributed by atoms with Gasteiger partial charge in [-0.3, -0.25) is 9.88 Å². The Balaban J connectivity index is 1.05. The highest BCUT2D eigenvalue weighted by molar-refractivity contribution is 5.94. The van der Waals surface area contributed by atoms with E-state index < -0.39 is 0 Å². The van der Waals surface area contributed by atoms with Gasteiger partial charge < -0.3 is 15.5 Å². The highest BCUT2D eigenvalue weighted by Crippen LogP contribution is 2.30. The zero-order valence-corrected chi connectivity index (χ0v) is 21.7. The minimum Gasteiger partial charge on any atom is -0.335 e. The number of aromatic nitrogens is 1. The van der Waals surface area contributed by atoms with Crippen LogP contribution in [0.4, 0.5) is 10.5 Å². The monoisotopic (exact) mass is 497 g/mol. The van der Waals surface area contributed by atoms with Crippen LogP contribution in [0.25, 0.3) is 11.1 Å². The van der Waals surface area contributed by atoms with E-state index in [0.717, 1.165) is 55.8 Å². The van der Waals surface area contributed by atoms with Crippen molar-refractivity contribution in [2.24, 2.45) is 0 Å². The summed E-state index contributed by atoms with van der Waals surface area (Å²) < 4.78 is 0. The van der Waals surface area contributed by atoms with Crippen molar-refractivity contribution in [1.82, 2.24) is 20.1 Å². The van der Waals surface area contributed by atoms with Gasteiger partial charge >= 0.3 is 6.03 Å². The second kappa shape index (κ2) is 12.8. The third kappa shape index (κ3) is 6.96. The number of rotatable bonds is 8. The van der Waals surface area contributed by atoms with E-state index in [1.165, 1.54) is 37.8 Å². The molecule has 5 rings (SSSR count). The Bertz CT molecular complexity index is 1110. The van der Waals surface area contributed by atoms with Crippen molar-refractivity contribution in [3.63, 3.8) is 0 Å². The van der Waals surface area contributed by atoms with Crippen LogP contribution in [0.3, 0.4) is 0 Å². The first-order valence-corrected chi connectivity index (χ1v) is 13.8. The van der Waals surface area contributed by atoms with Crippen molar-refractivity contribution in [2.75, 3.05) is 38.0 Å². The molecule has 2 amide bonds. The SMILES string of the molecule is O=C(Nc1ccccc1-c1ccccc1)NC1CCN(CCCN2CCCCC2c2cccnc2)CC1. The average molecular weight is 498 g/mol. The second-order valence-corrected chi connectivity index (χ2v) is 10.3. The Hall–Kier alpha value is -3.22. The summed E-state index contributed by atoms with van der Waals surface area (Å²) in [5, 5.41) is 6.29. The first kappa shape index (κ1) is 25.4. The fraction of sp³-hybridized carbons (Fsp3) is 0.419. The number of pyridine rings is 1. The molecule has 2 aliphatic heterocycles. The van der Waals surface area contributed by atoms with Crippen LogP contribution in [-0.2, 0) is 0 Å². The number of urea groups is 1. The zero-order valence-electron chi connectivity index (χ0n) is 21.7. The molecule has 6 nitrogen and oxygen atoms in total. The number of hydrogen-bond acceptors (Lipinski definition) is 4. The third-order valence-corrected chi connectivity index (χ3v) is 7.79. The topological polar surface area (TPSA) is 60.5 Å². The van der Waals surface area contributed by atoms with Crippen LogP contribution in [0.5, 0.6) is 0 Å². The molecule has 1 unspecified atom stereocenters. The number of anilines is 1. The summed E-state index contributed by atoms with van der Waals surface area (Å²) in [7, 11) is 0. The first-order chi connectivity index (χ1) is 18.3. The molecular formula is C31H39N5O. The molecule has 0 spiro atoms. The highest BCUT2D eigenvalue weighted by atomic mass is 16.2. The first-order valence-electron chi connectivity index (χ1n) is 13.8. The summed E-state index contributed by atoms with van der Waals surface area (Å²) in [6.07, 6.45) is 10.9. The minimum absolute atomic E-state index is 0.117. The van der Waals surface area contributed by atoms with Gasteiger partial charge in [0.2, 0.25) is 0 Å². The molecule has 3 aromatic rings. The lowest BCUT2D eigenvalue weighted by Crippen LogP contribution is -2.46. The van der Waals surface area contributed by atoms with E-state index in [2.05, 4.69) is 49.7 Å². The number of nitrogens with zero attached hydrogens (tertiary/aromatic N) is 3. The molecule has 2 saturated heterocycles. The lowest BCUT2D eigenvalue weighted by Gasteiger charge is -2.37. The van der Waals surface area contributed by atoms with Crippen molar-refractivity contribution in [1.29, 1.82) is 0 Å². The number of carbonyl (C=O) groups excluding carboxylic acids is 1. The van der Waals surface area contributed by atoms with Gasteiger partial charge in [-0.25, -0.2) is 4.79 Å². The van der Waals surface area contributed by atoms with Crippen LogP contribution in [0.2, 0.25) is 0 Å². The van der Waals surface area contributed by atoms with Crippen LogP contribution >= 0.6 is 0 Å². The largest absolute Gasteiger partial charge is 0.335 e. The highest BCUT2D eigenvalue weighted by Gasteiger charge is 2.25. The molecule has 194 valence electrons. The third-order valence-electron chi connectivity index (χ3n) is 7.79. The van der Waals surface area contributed by atoms with Crippen molar-refractivity contribution in [3.05, 3.63) is 84.7 Å². The number of piperidine rings is 2. The molecule has 0 saturated carbocycles. The van der Waals surface area contributed by atoms with Crippen LogP contribution in [-0.4, -0.2) is 59.6 Å². The van der Waals surface area contributed by atoms with Crippen LogP contribution < -0.4 is 10.6 Å². The Morgan fingerprint density at radius 2 is 1.68 bits per heavy atom. The molecule has 3 heterocycles. The second-order valence-electron chi connectivity index (χ2n) is 10.3. The summed E-state index contributed by atoms with van der Waals surface area (Å²) in [6, 6.07) is 23.1. The van der Waals surface area contributed by atoms with Gasteiger partial charge in [0, 0.05) is 43.1 Å². The van der Waals surface area contributed by atoms with Crippen LogP contribution in [0.1, 0.15) is 50.1 Å². The smallest absolute Gasteiger partial charge is 0.319 e. The van der Waals surface area contributed by atoms with Crippen LogP contribution in [0, 0.1) is 0 Å². The van der Waals surface area contributed by atoms with Gasteiger partial charge in [-0.2, -0.15) is 0 Å². The molecule has 0 aliphatic carbocycles. The zero-order chi connectivity index (χ0) is 25.3. The lowest BCUT2D eigenvalue weighted by atomic mass is 9.96. The standard InChI is InChI=1S/C31H39N5O/c37-31(34-29-14-5-4-13-28(29)25-10-2-1-3-11-25)33-27-16-22-35(23-17-27)19-9-21-36-20-7-6-15-30(36)26-12-8-18-32-24-26/h1-5,8,10-14,18,24,27,30H,6-7,9,15-17,19-23H2,(H2,33,34,37). The maximum absolute atomic E-state index is 12.8. The number of amides is 2. The number of benzene rings is 2. The summed E-state index contributed by atoms with van der Waals surface area (Å²) in [5.74, 6) is 0. The van der Waals surface area contributed by atoms with E-state index in [1.807, 2.05) is 54.9 Å². The average Bonchev–Trinajstić information content (AvgIpc) is 2.95. The molecule has 2 aliphatic rings. The molecule has 1 atom stereocenters. The fourth-order valence-electron chi connectivity index (χ4n) is 5.81. The van der Waals surface area contributed by atoms with E-state index in [9.17, 15) is 4.79 Å². The number of nitrogens with one attached hydrogen (secondary N) is 2. The molecule has 2 fully saturated rings. The molecule has 6 heteroatoms. The molecule has 0 bridgehead atoms. The Labute approximate surface area is 221 Å². The number of carbonyl (C=O) groups is 1. The van der Waals surface area contributed by atoms with Gasteiger partial charge in [-0.15, -0.1) is 0 Å². The molecular weight excluding hydrogens is 458 g/mol. The normalized spacial score (nSPS) is 19.4. The lowest BCUT2D eigenvalue weighted by molar-refractivity contribution is 0.132. The Morgan fingerprint density at radius 3 is 2.49 bits per heavy atom. The molecule has 0 radical (unpaired) electrons. The Morgan fingerprint density at radius 1 is 0.865 bits per heavy atom. The molecule has 1 aromatic heterocycles. The minimum atomic E-state index is -0.117.